The van der Waals surface area contributed by atoms with Gasteiger partial charge in [-0.25, -0.2) is 4.79 Å². The maximum Gasteiger partial charge on any atom is 0.354 e. The lowest BCUT2D eigenvalue weighted by atomic mass is 9.90. The third-order valence-corrected chi connectivity index (χ3v) is 14.6. The first-order valence-electron chi connectivity index (χ1n) is 11.5. The van der Waals surface area contributed by atoms with Gasteiger partial charge in [0.2, 0.25) is 5.91 Å². The van der Waals surface area contributed by atoms with Crippen molar-refractivity contribution in [1.82, 2.24) is 4.90 Å². The van der Waals surface area contributed by atoms with Crippen LogP contribution in [0.2, 0.25) is 18.1 Å². The number of β-lactam (4-membered cyclic amide) rings is 1. The Labute approximate surface area is 213 Å². The number of aryl methyl sites for hydroxylation is 1. The summed E-state index contributed by atoms with van der Waals surface area (Å²) in [4.78, 5) is 36.8. The highest BCUT2D eigenvalue weighted by Gasteiger charge is 2.60. The number of nitro benzene ring substituents is 1. The van der Waals surface area contributed by atoms with Crippen molar-refractivity contribution in [2.24, 2.45) is 5.92 Å². The third kappa shape index (κ3) is 5.40. The minimum Gasteiger partial charge on any atom is -0.477 e. The Hall–Kier alpha value is -2.02. The molecule has 1 amide bonds. The number of carbonyl (C=O) groups is 2. The van der Waals surface area contributed by atoms with Gasteiger partial charge in [0.1, 0.15) is 9.61 Å². The van der Waals surface area contributed by atoms with Crippen LogP contribution in [0.5, 0.6) is 0 Å². The van der Waals surface area contributed by atoms with Crippen molar-refractivity contribution in [1.29, 1.82) is 0 Å². The number of fused-ring (bicyclic) bond motifs is 1. The summed E-state index contributed by atoms with van der Waals surface area (Å²) in [6.07, 6.45) is 0.643. The van der Waals surface area contributed by atoms with Gasteiger partial charge in [0.15, 0.2) is 14.0 Å². The zero-order chi connectivity index (χ0) is 26.3. The molecule has 1 fully saturated rings. The summed E-state index contributed by atoms with van der Waals surface area (Å²) >= 11 is 1.19. The van der Waals surface area contributed by atoms with Crippen LogP contribution in [0.1, 0.15) is 39.7 Å². The molecule has 0 bridgehead atoms. The Kier molecular flexibility index (Phi) is 7.99. The molecule has 4 atom stereocenters. The Balaban J connectivity index is 1.75. The summed E-state index contributed by atoms with van der Waals surface area (Å²) in [5, 5.41) is 20.2. The first kappa shape index (κ1) is 27.6. The van der Waals surface area contributed by atoms with Crippen LogP contribution >= 0.6 is 11.8 Å². The van der Waals surface area contributed by atoms with E-state index in [2.05, 4.69) is 33.9 Å². The van der Waals surface area contributed by atoms with Crippen molar-refractivity contribution in [3.63, 3.8) is 0 Å². The lowest BCUT2D eigenvalue weighted by Crippen LogP contribution is -2.63. The highest BCUT2D eigenvalue weighted by atomic mass is 32.2. The molecule has 1 aromatic carbocycles. The number of non-ortho nitro benzene ring substituents is 1. The zero-order valence-electron chi connectivity index (χ0n) is 20.8. The second-order valence-corrected chi connectivity index (χ2v) is 17.9. The molecule has 0 spiro atoms. The number of rotatable bonds is 10. The number of thioether (sulfide) groups is 1. The van der Waals surface area contributed by atoms with Crippen molar-refractivity contribution in [2.75, 3.05) is 5.75 Å². The summed E-state index contributed by atoms with van der Waals surface area (Å²) < 4.78 is 19.9. The van der Waals surface area contributed by atoms with Crippen LogP contribution in [-0.2, 0) is 31.2 Å². The molecular formula is C23H32N2O7S2Si. The molecule has 2 aliphatic rings. The fourth-order valence-electron chi connectivity index (χ4n) is 3.86. The summed E-state index contributed by atoms with van der Waals surface area (Å²) in [5.74, 6) is -1.91. The van der Waals surface area contributed by atoms with E-state index in [0.717, 1.165) is 5.56 Å². The number of carboxylic acids is 1. The molecule has 1 unspecified atom stereocenters. The minimum atomic E-state index is -2.16. The van der Waals surface area contributed by atoms with Gasteiger partial charge in [-0.1, -0.05) is 51.6 Å². The van der Waals surface area contributed by atoms with Gasteiger partial charge in [0, 0.05) is 17.9 Å². The summed E-state index contributed by atoms with van der Waals surface area (Å²) in [6, 6.07) is 5.96. The standard InChI is InChI=1S/C23H32N2O7S2Si/c1-7-16(32-35(5,6)23(2,3)4)17-19(26)24-18(21(27)28)22(33-20(17)24)34(31)13-12-14-8-10-15(11-9-14)25(29)30/h8-11,16-17,20H,7,12-13H2,1-6H3,(H,27,28)/t16-,17+,20+,34?/m0/s1. The largest absolute Gasteiger partial charge is 0.477 e. The van der Waals surface area contributed by atoms with Crippen LogP contribution < -0.4 is 0 Å². The maximum absolute atomic E-state index is 13.1. The molecule has 1 aromatic rings. The second kappa shape index (κ2) is 10.2. The van der Waals surface area contributed by atoms with Crippen LogP contribution in [0, 0.1) is 16.0 Å². The van der Waals surface area contributed by atoms with Crippen molar-refractivity contribution in [3.05, 3.63) is 49.9 Å². The highest BCUT2D eigenvalue weighted by Crippen LogP contribution is 2.53. The van der Waals surface area contributed by atoms with Gasteiger partial charge < -0.3 is 9.53 Å². The van der Waals surface area contributed by atoms with E-state index >= 15 is 0 Å². The Bertz CT molecular complexity index is 1080. The molecule has 1 saturated heterocycles. The van der Waals surface area contributed by atoms with Gasteiger partial charge in [-0.05, 0) is 36.5 Å². The van der Waals surface area contributed by atoms with E-state index in [9.17, 15) is 29.0 Å². The molecule has 2 heterocycles. The Morgan fingerprint density at radius 3 is 2.40 bits per heavy atom. The average molecular weight is 541 g/mol. The number of benzene rings is 1. The topological polar surface area (TPSA) is 127 Å². The van der Waals surface area contributed by atoms with Crippen LogP contribution in [0.3, 0.4) is 0 Å². The van der Waals surface area contributed by atoms with Gasteiger partial charge in [-0.15, -0.1) is 0 Å². The molecule has 9 nitrogen and oxygen atoms in total. The van der Waals surface area contributed by atoms with E-state index in [0.29, 0.717) is 12.8 Å². The number of aliphatic carboxylic acids is 1. The fourth-order valence-corrected chi connectivity index (χ4v) is 8.54. The Morgan fingerprint density at radius 1 is 1.31 bits per heavy atom. The van der Waals surface area contributed by atoms with Crippen LogP contribution in [0.25, 0.3) is 0 Å². The van der Waals surface area contributed by atoms with Crippen molar-refractivity contribution in [2.45, 2.75) is 70.1 Å². The van der Waals surface area contributed by atoms with E-state index in [1.807, 2.05) is 6.92 Å². The molecule has 0 saturated carbocycles. The monoisotopic (exact) mass is 540 g/mol. The first-order valence-corrected chi connectivity index (χ1v) is 16.6. The molecular weight excluding hydrogens is 508 g/mol. The Morgan fingerprint density at radius 2 is 1.91 bits per heavy atom. The third-order valence-electron chi connectivity index (χ3n) is 6.93. The van der Waals surface area contributed by atoms with E-state index < -0.39 is 41.3 Å². The number of nitrogens with zero attached hydrogens (tertiary/aromatic N) is 2. The van der Waals surface area contributed by atoms with Crippen LogP contribution in [0.4, 0.5) is 5.69 Å². The van der Waals surface area contributed by atoms with Crippen LogP contribution in [0.15, 0.2) is 34.2 Å². The molecule has 2 aliphatic heterocycles. The predicted octanol–water partition coefficient (Wildman–Crippen LogP) is 4.47. The average Bonchev–Trinajstić information content (AvgIpc) is 3.12. The smallest absolute Gasteiger partial charge is 0.354 e. The van der Waals surface area contributed by atoms with Gasteiger partial charge >= 0.3 is 5.97 Å². The normalized spacial score (nSPS) is 22.0. The molecule has 1 N–H and O–H groups in total. The molecule has 35 heavy (non-hydrogen) atoms. The minimum absolute atomic E-state index is 0.0311. The lowest BCUT2D eigenvalue weighted by molar-refractivity contribution is -0.384. The van der Waals surface area contributed by atoms with Crippen molar-refractivity contribution in [3.8, 4) is 0 Å². The second-order valence-electron chi connectivity index (χ2n) is 10.2. The number of carbonyl (C=O) groups excluding carboxylic acids is 1. The van der Waals surface area contributed by atoms with Gasteiger partial charge in [-0.3, -0.25) is 24.0 Å². The van der Waals surface area contributed by atoms with E-state index in [1.54, 1.807) is 12.1 Å². The molecule has 0 aromatic heterocycles. The number of amides is 1. The van der Waals surface area contributed by atoms with Crippen molar-refractivity contribution < 1.29 is 28.3 Å². The van der Waals surface area contributed by atoms with E-state index in [-0.39, 0.29) is 38.4 Å². The number of nitro groups is 1. The molecule has 12 heteroatoms. The predicted molar refractivity (Wildman–Crippen MR) is 139 cm³/mol. The van der Waals surface area contributed by atoms with E-state index in [1.165, 1.54) is 28.8 Å². The number of hydrogen-bond acceptors (Lipinski definition) is 7. The van der Waals surface area contributed by atoms with E-state index in [4.69, 9.17) is 4.43 Å². The summed E-state index contributed by atoms with van der Waals surface area (Å²) in [5.41, 5.74) is 0.525. The van der Waals surface area contributed by atoms with Gasteiger partial charge in [0.25, 0.3) is 5.69 Å². The molecule has 0 aliphatic carbocycles. The molecule has 0 radical (unpaired) electrons. The van der Waals surface area contributed by atoms with Crippen molar-refractivity contribution >= 4 is 48.4 Å². The van der Waals surface area contributed by atoms with Gasteiger partial charge in [-0.2, -0.15) is 0 Å². The highest BCUT2D eigenvalue weighted by molar-refractivity contribution is 8.17. The van der Waals surface area contributed by atoms with Gasteiger partial charge in [0.05, 0.1) is 27.7 Å². The number of carboxylic acid groups (broad SMARTS) is 1. The fraction of sp³-hybridized carbons (Fsp3) is 0.565. The summed E-state index contributed by atoms with van der Waals surface area (Å²) in [7, 11) is -3.80. The van der Waals surface area contributed by atoms with Crippen LogP contribution in [-0.4, -0.2) is 56.6 Å². The number of hydrogen-bond donors (Lipinski definition) is 1. The SMILES string of the molecule is CC[C@H](O[Si](C)(C)C(C)(C)C)[C@@H]1C(=O)N2C(C(=O)O)=C(S(=O)CCc3ccc([N+](=O)[O-])cc3)S[C@H]12. The maximum atomic E-state index is 13.1. The lowest BCUT2D eigenvalue weighted by Gasteiger charge is -2.48. The molecule has 3 rings (SSSR count). The first-order chi connectivity index (χ1) is 16.2. The quantitative estimate of drug-likeness (QED) is 0.199. The zero-order valence-corrected chi connectivity index (χ0v) is 23.4. The summed E-state index contributed by atoms with van der Waals surface area (Å²) in [6.45, 7) is 12.6. The molecule has 192 valence electrons.